The number of oxime groups is 1. The zero-order valence-corrected chi connectivity index (χ0v) is 10.8. The number of hydrogen-bond acceptors (Lipinski definition) is 3. The summed E-state index contributed by atoms with van der Waals surface area (Å²) >= 11 is 0. The van der Waals surface area contributed by atoms with Crippen LogP contribution >= 0.6 is 0 Å². The van der Waals surface area contributed by atoms with Gasteiger partial charge in [0.2, 0.25) is 5.91 Å². The molecule has 0 aliphatic heterocycles. The molecular formula is C13H23N3O2. The van der Waals surface area contributed by atoms with Crippen molar-refractivity contribution in [3.63, 3.8) is 0 Å². The van der Waals surface area contributed by atoms with E-state index in [1.54, 1.807) is 0 Å². The Labute approximate surface area is 108 Å². The lowest BCUT2D eigenvalue weighted by atomic mass is 9.86. The normalized spacial score (nSPS) is 30.7. The number of hydrogen-bond donors (Lipinski definition) is 3. The lowest BCUT2D eigenvalue weighted by Gasteiger charge is -2.20. The maximum atomic E-state index is 11.8. The second-order valence-corrected chi connectivity index (χ2v) is 5.68. The van der Waals surface area contributed by atoms with E-state index in [0.29, 0.717) is 25.3 Å². The van der Waals surface area contributed by atoms with Crippen molar-refractivity contribution in [1.29, 1.82) is 0 Å². The lowest BCUT2D eigenvalue weighted by Crippen LogP contribution is -2.28. The van der Waals surface area contributed by atoms with Crippen LogP contribution in [0.5, 0.6) is 0 Å². The van der Waals surface area contributed by atoms with Crippen LogP contribution in [0, 0.1) is 17.8 Å². The zero-order chi connectivity index (χ0) is 13.0. The molecule has 0 radical (unpaired) electrons. The van der Waals surface area contributed by atoms with Gasteiger partial charge in [0.15, 0.2) is 0 Å². The molecule has 2 fully saturated rings. The van der Waals surface area contributed by atoms with Crippen molar-refractivity contribution in [3.05, 3.63) is 0 Å². The average Bonchev–Trinajstić information content (AvgIpc) is 2.96. The summed E-state index contributed by atoms with van der Waals surface area (Å²) in [5.41, 5.74) is 5.35. The molecule has 2 bridgehead atoms. The highest BCUT2D eigenvalue weighted by Crippen LogP contribution is 2.49. The predicted octanol–water partition coefficient (Wildman–Crippen LogP) is 1.46. The van der Waals surface area contributed by atoms with Gasteiger partial charge in [-0.15, -0.1) is 0 Å². The van der Waals surface area contributed by atoms with E-state index in [9.17, 15) is 4.79 Å². The number of fused-ring (bicyclic) bond motifs is 2. The molecule has 0 saturated heterocycles. The van der Waals surface area contributed by atoms with Crippen LogP contribution in [0.2, 0.25) is 0 Å². The molecule has 2 rings (SSSR count). The van der Waals surface area contributed by atoms with Gasteiger partial charge < -0.3 is 16.3 Å². The maximum Gasteiger partial charge on any atom is 0.220 e. The highest BCUT2D eigenvalue weighted by molar-refractivity contribution is 5.79. The standard InChI is InChI=1S/C13H23N3O2/c14-12(16-18)2-1-5-15-13(17)8-11-7-9-3-4-10(11)6-9/h9-11,18H,1-8H2,(H2,14,16)(H,15,17). The molecule has 3 atom stereocenters. The molecule has 0 aromatic carbocycles. The van der Waals surface area contributed by atoms with Gasteiger partial charge in [0.1, 0.15) is 5.84 Å². The van der Waals surface area contributed by atoms with Crippen LogP contribution in [0.25, 0.3) is 0 Å². The number of amidine groups is 1. The Morgan fingerprint density at radius 1 is 1.39 bits per heavy atom. The highest BCUT2D eigenvalue weighted by atomic mass is 16.4. The van der Waals surface area contributed by atoms with Gasteiger partial charge >= 0.3 is 0 Å². The molecule has 3 unspecified atom stereocenters. The van der Waals surface area contributed by atoms with Gasteiger partial charge in [-0.2, -0.15) is 0 Å². The van der Waals surface area contributed by atoms with Crippen molar-refractivity contribution in [3.8, 4) is 0 Å². The molecule has 2 saturated carbocycles. The summed E-state index contributed by atoms with van der Waals surface area (Å²) in [7, 11) is 0. The van der Waals surface area contributed by atoms with E-state index in [4.69, 9.17) is 10.9 Å². The zero-order valence-electron chi connectivity index (χ0n) is 10.8. The second kappa shape index (κ2) is 6.07. The molecule has 0 aromatic rings. The van der Waals surface area contributed by atoms with E-state index < -0.39 is 0 Å². The third-order valence-electron chi connectivity index (χ3n) is 4.39. The summed E-state index contributed by atoms with van der Waals surface area (Å²) in [4.78, 5) is 11.8. The van der Waals surface area contributed by atoms with Crippen molar-refractivity contribution >= 4 is 11.7 Å². The maximum absolute atomic E-state index is 11.8. The minimum absolute atomic E-state index is 0.159. The molecule has 5 heteroatoms. The lowest BCUT2D eigenvalue weighted by molar-refractivity contribution is -0.122. The molecule has 102 valence electrons. The Balaban J connectivity index is 1.58. The number of nitrogens with zero attached hydrogens (tertiary/aromatic N) is 1. The van der Waals surface area contributed by atoms with E-state index >= 15 is 0 Å². The third kappa shape index (κ3) is 3.37. The Kier molecular flexibility index (Phi) is 4.44. The molecule has 4 N–H and O–H groups in total. The van der Waals surface area contributed by atoms with Crippen molar-refractivity contribution in [2.45, 2.75) is 44.9 Å². The van der Waals surface area contributed by atoms with Gasteiger partial charge in [-0.3, -0.25) is 4.79 Å². The number of rotatable bonds is 6. The smallest absolute Gasteiger partial charge is 0.220 e. The van der Waals surface area contributed by atoms with Crippen molar-refractivity contribution < 1.29 is 10.0 Å². The van der Waals surface area contributed by atoms with Crippen molar-refractivity contribution in [2.24, 2.45) is 28.6 Å². The van der Waals surface area contributed by atoms with Crippen LogP contribution in [0.3, 0.4) is 0 Å². The third-order valence-corrected chi connectivity index (χ3v) is 4.39. The van der Waals surface area contributed by atoms with Crippen LogP contribution < -0.4 is 11.1 Å². The number of amides is 1. The Bertz CT molecular complexity index is 330. The van der Waals surface area contributed by atoms with Crippen LogP contribution in [-0.2, 0) is 4.79 Å². The molecule has 1 amide bonds. The van der Waals surface area contributed by atoms with Gasteiger partial charge in [0, 0.05) is 19.4 Å². The number of carbonyl (C=O) groups is 1. The molecule has 5 nitrogen and oxygen atoms in total. The largest absolute Gasteiger partial charge is 0.409 e. The molecule has 2 aliphatic carbocycles. The van der Waals surface area contributed by atoms with E-state index in [1.165, 1.54) is 25.7 Å². The average molecular weight is 253 g/mol. The Morgan fingerprint density at radius 2 is 2.22 bits per heavy atom. The van der Waals surface area contributed by atoms with Crippen LogP contribution in [0.15, 0.2) is 5.16 Å². The minimum atomic E-state index is 0.159. The van der Waals surface area contributed by atoms with Gasteiger partial charge in [-0.1, -0.05) is 11.6 Å². The summed E-state index contributed by atoms with van der Waals surface area (Å²) in [5.74, 6) is 2.70. The first-order valence-corrected chi connectivity index (χ1v) is 6.92. The number of carbonyl (C=O) groups excluding carboxylic acids is 1. The summed E-state index contributed by atoms with van der Waals surface area (Å²) in [5, 5.41) is 14.2. The molecule has 0 spiro atoms. The second-order valence-electron chi connectivity index (χ2n) is 5.68. The summed E-state index contributed by atoms with van der Waals surface area (Å²) in [6.07, 6.45) is 7.23. The van der Waals surface area contributed by atoms with Gasteiger partial charge in [-0.05, 0) is 43.4 Å². The fourth-order valence-electron chi connectivity index (χ4n) is 3.48. The van der Waals surface area contributed by atoms with Crippen LogP contribution in [0.1, 0.15) is 44.9 Å². The first-order chi connectivity index (χ1) is 8.69. The quantitative estimate of drug-likeness (QED) is 0.220. The van der Waals surface area contributed by atoms with Crippen LogP contribution in [0.4, 0.5) is 0 Å². The first-order valence-electron chi connectivity index (χ1n) is 6.92. The predicted molar refractivity (Wildman–Crippen MR) is 69.2 cm³/mol. The van der Waals surface area contributed by atoms with Crippen molar-refractivity contribution in [1.82, 2.24) is 5.32 Å². The van der Waals surface area contributed by atoms with Crippen molar-refractivity contribution in [2.75, 3.05) is 6.54 Å². The number of nitrogens with two attached hydrogens (primary N) is 1. The first kappa shape index (κ1) is 13.2. The van der Waals surface area contributed by atoms with E-state index in [-0.39, 0.29) is 11.7 Å². The van der Waals surface area contributed by atoms with Gasteiger partial charge in [-0.25, -0.2) is 0 Å². The Morgan fingerprint density at radius 3 is 2.83 bits per heavy atom. The molecule has 2 aliphatic rings. The number of nitrogens with one attached hydrogen (secondary N) is 1. The monoisotopic (exact) mass is 253 g/mol. The molecule has 0 aromatic heterocycles. The van der Waals surface area contributed by atoms with E-state index in [1.807, 2.05) is 0 Å². The summed E-state index contributed by atoms with van der Waals surface area (Å²) in [6.45, 7) is 0.607. The van der Waals surface area contributed by atoms with Gasteiger partial charge in [0.25, 0.3) is 0 Å². The van der Waals surface area contributed by atoms with E-state index in [2.05, 4.69) is 10.5 Å². The highest BCUT2D eigenvalue weighted by Gasteiger charge is 2.39. The van der Waals surface area contributed by atoms with Gasteiger partial charge in [0.05, 0.1) is 0 Å². The topological polar surface area (TPSA) is 87.7 Å². The summed E-state index contributed by atoms with van der Waals surface area (Å²) in [6, 6.07) is 0. The Hall–Kier alpha value is -1.26. The summed E-state index contributed by atoms with van der Waals surface area (Å²) < 4.78 is 0. The fourth-order valence-corrected chi connectivity index (χ4v) is 3.48. The molecule has 18 heavy (non-hydrogen) atoms. The van der Waals surface area contributed by atoms with Crippen LogP contribution in [-0.4, -0.2) is 23.5 Å². The molecular weight excluding hydrogens is 230 g/mol. The SMILES string of the molecule is NC(CCCNC(=O)CC1CC2CCC1C2)=NO. The molecule has 0 heterocycles. The minimum Gasteiger partial charge on any atom is -0.409 e. The fraction of sp³-hybridized carbons (Fsp3) is 0.846. The van der Waals surface area contributed by atoms with E-state index in [0.717, 1.165) is 18.3 Å².